The number of fused-ring (bicyclic) bond motifs is 5. The van der Waals surface area contributed by atoms with Gasteiger partial charge in [-0.2, -0.15) is 0 Å². The molecule has 208 valence electrons. The third-order valence-corrected chi connectivity index (χ3v) is 11.5. The van der Waals surface area contributed by atoms with Gasteiger partial charge in [-0.25, -0.2) is 0 Å². The molecule has 6 aliphatic rings. The Balaban J connectivity index is 1.28. The van der Waals surface area contributed by atoms with Gasteiger partial charge in [0.25, 0.3) is 11.7 Å². The van der Waals surface area contributed by atoms with E-state index in [4.69, 9.17) is 21.1 Å². The van der Waals surface area contributed by atoms with Crippen molar-refractivity contribution in [2.45, 2.75) is 96.4 Å². The van der Waals surface area contributed by atoms with Crippen molar-refractivity contribution >= 4 is 23.4 Å². The molecule has 4 atom stereocenters. The molecule has 1 saturated heterocycles. The Labute approximate surface area is 231 Å². The van der Waals surface area contributed by atoms with Crippen LogP contribution in [0.5, 0.6) is 11.5 Å². The van der Waals surface area contributed by atoms with Gasteiger partial charge >= 0.3 is 0 Å². The van der Waals surface area contributed by atoms with E-state index in [1.165, 1.54) is 0 Å². The number of hydrogen-bond acceptors (Lipinski definition) is 5. The number of amides is 2. The van der Waals surface area contributed by atoms with Crippen LogP contribution in [-0.4, -0.2) is 66.2 Å². The van der Waals surface area contributed by atoms with Crippen LogP contribution in [0.4, 0.5) is 0 Å². The van der Waals surface area contributed by atoms with Crippen molar-refractivity contribution in [1.29, 1.82) is 0 Å². The average Bonchev–Trinajstić information content (AvgIpc) is 3.26. The van der Waals surface area contributed by atoms with Crippen LogP contribution in [0.2, 0.25) is 5.02 Å². The fraction of sp³-hybridized carbons (Fsp3) is 0.733. The van der Waals surface area contributed by atoms with Crippen LogP contribution in [0.3, 0.4) is 0 Å². The molecule has 3 aliphatic carbocycles. The number of benzene rings is 1. The van der Waals surface area contributed by atoms with Gasteiger partial charge in [0.15, 0.2) is 11.5 Å². The molecule has 4 fully saturated rings. The van der Waals surface area contributed by atoms with Crippen LogP contribution >= 0.6 is 11.6 Å². The first-order valence-electron chi connectivity index (χ1n) is 14.4. The van der Waals surface area contributed by atoms with Crippen molar-refractivity contribution in [1.82, 2.24) is 15.1 Å². The quantitative estimate of drug-likeness (QED) is 0.582. The number of carbonyl (C=O) groups is 2. The smallest absolute Gasteiger partial charge is 0.254 e. The highest BCUT2D eigenvalue weighted by molar-refractivity contribution is 6.34. The van der Waals surface area contributed by atoms with E-state index < -0.39 is 5.79 Å². The average molecular weight is 544 g/mol. The Bertz CT molecular complexity index is 1170. The highest BCUT2D eigenvalue weighted by Crippen LogP contribution is 2.63. The lowest BCUT2D eigenvalue weighted by molar-refractivity contribution is -0.211. The predicted molar refractivity (Wildman–Crippen MR) is 147 cm³/mol. The minimum atomic E-state index is -0.804. The van der Waals surface area contributed by atoms with Crippen LogP contribution in [0, 0.1) is 24.2 Å². The van der Waals surface area contributed by atoms with Crippen LogP contribution in [0.15, 0.2) is 0 Å². The van der Waals surface area contributed by atoms with Crippen molar-refractivity contribution in [3.05, 3.63) is 21.7 Å². The number of carbonyl (C=O) groups excluding carboxylic acids is 2. The highest BCUT2D eigenvalue weighted by Gasteiger charge is 2.63. The largest absolute Gasteiger partial charge is 0.448 e. The molecule has 0 spiro atoms. The zero-order valence-corrected chi connectivity index (χ0v) is 24.5. The fourth-order valence-electron chi connectivity index (χ4n) is 8.31. The maximum atomic E-state index is 13.9. The summed E-state index contributed by atoms with van der Waals surface area (Å²) in [6, 6.07) is 0.175. The molecular formula is C30H42ClN3O4. The van der Waals surface area contributed by atoms with Gasteiger partial charge in [-0.1, -0.05) is 18.5 Å². The maximum Gasteiger partial charge on any atom is 0.254 e. The van der Waals surface area contributed by atoms with E-state index >= 15 is 0 Å². The molecule has 1 aromatic carbocycles. The number of piperidine rings is 1. The van der Waals surface area contributed by atoms with Crippen LogP contribution in [-0.2, 0) is 11.2 Å². The Hall–Kier alpha value is -1.99. The standard InChI is InChI=1S/C30H42ClN3O4/c1-17-15-18(2)32-26(35)21(17)16-34-14-7-20-22(27(34)36)19(3)24-25(23(20)31)38-28(4,37-24)29-8-11-30(12-9-29,13-10-29)33(5)6/h17-18,21H,7-16H2,1-6H3,(H,32,35). The Kier molecular flexibility index (Phi) is 6.05. The van der Waals surface area contributed by atoms with Gasteiger partial charge in [-0.3, -0.25) is 9.59 Å². The Morgan fingerprint density at radius 3 is 2.29 bits per heavy atom. The summed E-state index contributed by atoms with van der Waals surface area (Å²) in [7, 11) is 4.41. The molecule has 4 unspecified atom stereocenters. The minimum absolute atomic E-state index is 0.0450. The molecule has 7 nitrogen and oxygen atoms in total. The first kappa shape index (κ1) is 26.2. The van der Waals surface area contributed by atoms with Gasteiger partial charge in [-0.05, 0) is 90.8 Å². The molecule has 8 heteroatoms. The van der Waals surface area contributed by atoms with E-state index in [1.807, 2.05) is 18.7 Å². The lowest BCUT2D eigenvalue weighted by Gasteiger charge is -2.59. The molecule has 38 heavy (non-hydrogen) atoms. The van der Waals surface area contributed by atoms with E-state index in [-0.39, 0.29) is 40.6 Å². The van der Waals surface area contributed by atoms with Gasteiger partial charge in [0.2, 0.25) is 5.91 Å². The number of ether oxygens (including phenoxy) is 2. The first-order chi connectivity index (χ1) is 17.9. The van der Waals surface area contributed by atoms with Crippen LogP contribution in [0.1, 0.15) is 87.2 Å². The third kappa shape index (κ3) is 3.63. The number of nitrogens with zero attached hydrogens (tertiary/aromatic N) is 2. The number of halogens is 1. The summed E-state index contributed by atoms with van der Waals surface area (Å²) < 4.78 is 13.4. The molecule has 3 heterocycles. The summed E-state index contributed by atoms with van der Waals surface area (Å²) in [4.78, 5) is 30.9. The van der Waals surface area contributed by atoms with Gasteiger partial charge in [0, 0.05) is 42.6 Å². The normalized spacial score (nSPS) is 38.0. The monoisotopic (exact) mass is 543 g/mol. The molecule has 3 aliphatic heterocycles. The van der Waals surface area contributed by atoms with Gasteiger partial charge in [0.1, 0.15) is 0 Å². The van der Waals surface area contributed by atoms with Crippen LogP contribution in [0.25, 0.3) is 0 Å². The number of rotatable bonds is 4. The van der Waals surface area contributed by atoms with Crippen molar-refractivity contribution in [3.63, 3.8) is 0 Å². The molecule has 2 amide bonds. The summed E-state index contributed by atoms with van der Waals surface area (Å²) in [6.45, 7) is 9.16. The fourth-order valence-corrected chi connectivity index (χ4v) is 8.62. The molecule has 3 saturated carbocycles. The van der Waals surface area contributed by atoms with Crippen molar-refractivity contribution < 1.29 is 19.1 Å². The summed E-state index contributed by atoms with van der Waals surface area (Å²) in [5, 5.41) is 3.58. The van der Waals surface area contributed by atoms with E-state index in [0.29, 0.717) is 41.6 Å². The van der Waals surface area contributed by atoms with E-state index in [2.05, 4.69) is 38.2 Å². The van der Waals surface area contributed by atoms with E-state index in [0.717, 1.165) is 56.1 Å². The van der Waals surface area contributed by atoms with Gasteiger partial charge in [-0.15, -0.1) is 0 Å². The van der Waals surface area contributed by atoms with Crippen molar-refractivity contribution in [2.75, 3.05) is 27.2 Å². The Morgan fingerprint density at radius 2 is 1.68 bits per heavy atom. The van der Waals surface area contributed by atoms with Gasteiger partial charge in [0.05, 0.1) is 16.5 Å². The van der Waals surface area contributed by atoms with E-state index in [1.54, 1.807) is 0 Å². The molecule has 0 aromatic heterocycles. The zero-order chi connectivity index (χ0) is 27.2. The number of hydrogen-bond donors (Lipinski definition) is 1. The second-order valence-electron chi connectivity index (χ2n) is 13.2. The Morgan fingerprint density at radius 1 is 1.05 bits per heavy atom. The third-order valence-electron chi connectivity index (χ3n) is 11.1. The SMILES string of the molecule is Cc1c2c(c(Cl)c3c1C(=O)N(CC1C(=O)NC(C)CC1C)CC3)OC(C)(C13CCC(N(C)C)(CC1)CC3)O2. The summed E-state index contributed by atoms with van der Waals surface area (Å²) >= 11 is 6.99. The minimum Gasteiger partial charge on any atom is -0.448 e. The lowest BCUT2D eigenvalue weighted by Crippen LogP contribution is -2.62. The van der Waals surface area contributed by atoms with Crippen LogP contribution < -0.4 is 14.8 Å². The second-order valence-corrected chi connectivity index (χ2v) is 13.6. The van der Waals surface area contributed by atoms with Crippen molar-refractivity contribution in [3.8, 4) is 11.5 Å². The van der Waals surface area contributed by atoms with Crippen molar-refractivity contribution in [2.24, 2.45) is 17.3 Å². The summed E-state index contributed by atoms with van der Waals surface area (Å²) in [5.74, 6) is 0.431. The maximum absolute atomic E-state index is 13.9. The van der Waals surface area contributed by atoms with E-state index in [9.17, 15) is 9.59 Å². The molecular weight excluding hydrogens is 502 g/mol. The van der Waals surface area contributed by atoms with Gasteiger partial charge < -0.3 is 24.6 Å². The molecule has 7 rings (SSSR count). The zero-order valence-electron chi connectivity index (χ0n) is 23.7. The highest BCUT2D eigenvalue weighted by atomic mass is 35.5. The summed E-state index contributed by atoms with van der Waals surface area (Å²) in [5.41, 5.74) is 2.50. The topological polar surface area (TPSA) is 71.1 Å². The number of nitrogens with one attached hydrogen (secondary N) is 1. The summed E-state index contributed by atoms with van der Waals surface area (Å²) in [6.07, 6.45) is 8.15. The molecule has 0 radical (unpaired) electrons. The first-order valence-corrected chi connectivity index (χ1v) is 14.8. The molecule has 2 bridgehead atoms. The predicted octanol–water partition coefficient (Wildman–Crippen LogP) is 4.95. The lowest BCUT2D eigenvalue weighted by atomic mass is 9.54. The second kappa shape index (κ2) is 8.76. The molecule has 1 aromatic rings. The molecule has 1 N–H and O–H groups in total.